The van der Waals surface area contributed by atoms with E-state index >= 15 is 0 Å². The van der Waals surface area contributed by atoms with Crippen molar-refractivity contribution in [2.75, 3.05) is 19.7 Å². The van der Waals surface area contributed by atoms with E-state index in [1.165, 1.54) is 5.56 Å². The lowest BCUT2D eigenvalue weighted by Gasteiger charge is -2.34. The van der Waals surface area contributed by atoms with Gasteiger partial charge in [0.1, 0.15) is 5.69 Å². The molecule has 2 N–H and O–H groups in total. The van der Waals surface area contributed by atoms with Crippen LogP contribution in [0, 0.1) is 32.6 Å². The smallest absolute Gasteiger partial charge is 0.340 e. The topological polar surface area (TPSA) is 91.5 Å². The number of benzene rings is 1. The van der Waals surface area contributed by atoms with E-state index in [0.717, 1.165) is 18.4 Å². The van der Waals surface area contributed by atoms with E-state index in [1.54, 1.807) is 25.7 Å². The van der Waals surface area contributed by atoms with Gasteiger partial charge in [-0.25, -0.2) is 4.79 Å². The summed E-state index contributed by atoms with van der Waals surface area (Å²) in [6.45, 7) is 11.3. The molecule has 3 rings (SSSR count). The van der Waals surface area contributed by atoms with E-state index in [9.17, 15) is 14.4 Å². The van der Waals surface area contributed by atoms with Gasteiger partial charge in [-0.15, -0.1) is 0 Å². The van der Waals surface area contributed by atoms with Crippen molar-refractivity contribution >= 4 is 17.8 Å². The van der Waals surface area contributed by atoms with Gasteiger partial charge in [0.05, 0.1) is 12.2 Å². The number of hydrogen-bond donors (Lipinski definition) is 2. The number of aryl methyl sites for hydroxylation is 2. The van der Waals surface area contributed by atoms with Crippen LogP contribution in [0.3, 0.4) is 0 Å². The number of likely N-dealkylation sites (tertiary alicyclic amines) is 1. The molecule has 7 heteroatoms. The Balaban J connectivity index is 1.56. The second kappa shape index (κ2) is 10.7. The summed E-state index contributed by atoms with van der Waals surface area (Å²) in [5.41, 5.74) is 4.42. The first-order valence-corrected chi connectivity index (χ1v) is 11.7. The monoisotopic (exact) mass is 453 g/mol. The highest BCUT2D eigenvalue weighted by Crippen LogP contribution is 2.27. The van der Waals surface area contributed by atoms with Crippen LogP contribution in [0.5, 0.6) is 0 Å². The number of esters is 1. The lowest BCUT2D eigenvalue weighted by Crippen LogP contribution is -2.42. The summed E-state index contributed by atoms with van der Waals surface area (Å²) in [6.07, 6.45) is 1.54. The summed E-state index contributed by atoms with van der Waals surface area (Å²) < 4.78 is 5.12. The van der Waals surface area contributed by atoms with E-state index in [0.29, 0.717) is 42.1 Å². The van der Waals surface area contributed by atoms with Gasteiger partial charge >= 0.3 is 5.97 Å². The first kappa shape index (κ1) is 24.6. The number of aromatic nitrogens is 1. The maximum absolute atomic E-state index is 13.1. The Hall–Kier alpha value is -3.09. The number of hydrogen-bond acceptors (Lipinski definition) is 4. The van der Waals surface area contributed by atoms with Crippen LogP contribution < -0.4 is 5.32 Å². The van der Waals surface area contributed by atoms with Gasteiger partial charge in [-0.2, -0.15) is 0 Å². The molecule has 1 saturated heterocycles. The van der Waals surface area contributed by atoms with Crippen LogP contribution in [0.25, 0.3) is 0 Å². The summed E-state index contributed by atoms with van der Waals surface area (Å²) >= 11 is 0. The molecule has 2 aromatic rings. The first-order chi connectivity index (χ1) is 15.7. The average molecular weight is 454 g/mol. The minimum atomic E-state index is -0.410. The fraction of sp³-hybridized carbons (Fsp3) is 0.500. The molecule has 2 heterocycles. The van der Waals surface area contributed by atoms with Crippen molar-refractivity contribution in [1.29, 1.82) is 0 Å². The normalized spacial score (nSPS) is 15.2. The predicted molar refractivity (Wildman–Crippen MR) is 127 cm³/mol. The largest absolute Gasteiger partial charge is 0.462 e. The molecule has 1 unspecified atom stereocenters. The highest BCUT2D eigenvalue weighted by atomic mass is 16.5. The van der Waals surface area contributed by atoms with Crippen LogP contribution in [0.15, 0.2) is 24.3 Å². The molecule has 1 aliphatic rings. The van der Waals surface area contributed by atoms with Gasteiger partial charge in [-0.3, -0.25) is 9.59 Å². The molecular weight excluding hydrogens is 418 g/mol. The van der Waals surface area contributed by atoms with Crippen LogP contribution >= 0.6 is 0 Å². The Kier molecular flexibility index (Phi) is 7.95. The Morgan fingerprint density at radius 1 is 1.18 bits per heavy atom. The Morgan fingerprint density at radius 2 is 1.88 bits per heavy atom. The van der Waals surface area contributed by atoms with Gasteiger partial charge in [0.15, 0.2) is 0 Å². The second-order valence-electron chi connectivity index (χ2n) is 8.97. The lowest BCUT2D eigenvalue weighted by molar-refractivity contribution is -0.126. The van der Waals surface area contributed by atoms with Crippen molar-refractivity contribution in [3.63, 3.8) is 0 Å². The molecule has 1 aromatic carbocycles. The molecule has 178 valence electrons. The molecular formula is C26H35N3O4. The lowest BCUT2D eigenvalue weighted by atomic mass is 9.84. The average Bonchev–Trinajstić information content (AvgIpc) is 3.10. The summed E-state index contributed by atoms with van der Waals surface area (Å²) in [7, 11) is 0. The van der Waals surface area contributed by atoms with E-state index in [4.69, 9.17) is 4.74 Å². The minimum absolute atomic E-state index is 0.0520. The summed E-state index contributed by atoms with van der Waals surface area (Å²) in [5.74, 6) is -0.352. The van der Waals surface area contributed by atoms with Crippen molar-refractivity contribution in [2.24, 2.45) is 11.8 Å². The number of nitrogens with one attached hydrogen (secondary N) is 2. The van der Waals surface area contributed by atoms with Crippen molar-refractivity contribution in [1.82, 2.24) is 15.2 Å². The molecule has 1 aliphatic heterocycles. The van der Waals surface area contributed by atoms with Crippen molar-refractivity contribution < 1.29 is 19.1 Å². The van der Waals surface area contributed by atoms with Crippen LogP contribution in [0.1, 0.15) is 69.9 Å². The molecule has 2 amide bonds. The fourth-order valence-corrected chi connectivity index (χ4v) is 4.62. The zero-order chi connectivity index (χ0) is 24.1. The molecule has 0 bridgehead atoms. The predicted octanol–water partition coefficient (Wildman–Crippen LogP) is 3.92. The zero-order valence-corrected chi connectivity index (χ0v) is 20.3. The molecule has 1 atom stereocenters. The maximum Gasteiger partial charge on any atom is 0.340 e. The maximum atomic E-state index is 13.1. The number of carbonyl (C=O) groups is 3. The Labute approximate surface area is 195 Å². The van der Waals surface area contributed by atoms with Crippen LogP contribution in [-0.4, -0.2) is 47.4 Å². The quantitative estimate of drug-likeness (QED) is 0.622. The number of ether oxygens (including phenoxy) is 1. The molecule has 33 heavy (non-hydrogen) atoms. The first-order valence-electron chi connectivity index (χ1n) is 11.7. The number of H-pyrrole nitrogens is 1. The highest BCUT2D eigenvalue weighted by Gasteiger charge is 2.32. The van der Waals surface area contributed by atoms with Gasteiger partial charge < -0.3 is 19.9 Å². The third-order valence-corrected chi connectivity index (χ3v) is 6.63. The van der Waals surface area contributed by atoms with Gasteiger partial charge in [0.25, 0.3) is 5.91 Å². The number of aromatic amines is 1. The van der Waals surface area contributed by atoms with Crippen LogP contribution in [-0.2, 0) is 16.1 Å². The number of rotatable bonds is 7. The van der Waals surface area contributed by atoms with Gasteiger partial charge in [0, 0.05) is 31.2 Å². The van der Waals surface area contributed by atoms with Gasteiger partial charge in [-0.1, -0.05) is 36.8 Å². The van der Waals surface area contributed by atoms with E-state index in [2.05, 4.69) is 16.4 Å². The number of amides is 2. The highest BCUT2D eigenvalue weighted by molar-refractivity contribution is 6.00. The third kappa shape index (κ3) is 5.64. The van der Waals surface area contributed by atoms with Crippen molar-refractivity contribution in [3.05, 3.63) is 57.9 Å². The van der Waals surface area contributed by atoms with E-state index in [-0.39, 0.29) is 30.3 Å². The second-order valence-corrected chi connectivity index (χ2v) is 8.97. The minimum Gasteiger partial charge on any atom is -0.462 e. The van der Waals surface area contributed by atoms with Crippen molar-refractivity contribution in [2.45, 2.75) is 54.0 Å². The molecule has 1 fully saturated rings. The third-order valence-electron chi connectivity index (χ3n) is 6.63. The van der Waals surface area contributed by atoms with E-state index in [1.807, 2.05) is 32.0 Å². The number of carbonyl (C=O) groups excluding carboxylic acids is 3. The van der Waals surface area contributed by atoms with Crippen LogP contribution in [0.4, 0.5) is 0 Å². The molecule has 0 saturated carbocycles. The Morgan fingerprint density at radius 3 is 2.52 bits per heavy atom. The molecule has 1 aromatic heterocycles. The molecule has 7 nitrogen and oxygen atoms in total. The zero-order valence-electron chi connectivity index (χ0n) is 20.3. The fourth-order valence-electron chi connectivity index (χ4n) is 4.62. The van der Waals surface area contributed by atoms with Gasteiger partial charge in [0.2, 0.25) is 5.91 Å². The molecule has 0 radical (unpaired) electrons. The van der Waals surface area contributed by atoms with E-state index < -0.39 is 5.97 Å². The molecule has 0 aliphatic carbocycles. The molecule has 0 spiro atoms. The Bertz CT molecular complexity index is 1020. The number of piperidine rings is 1. The summed E-state index contributed by atoms with van der Waals surface area (Å²) in [4.78, 5) is 43.0. The van der Waals surface area contributed by atoms with Crippen molar-refractivity contribution in [3.8, 4) is 0 Å². The number of nitrogens with zero attached hydrogens (tertiary/aromatic N) is 1. The van der Waals surface area contributed by atoms with Crippen LogP contribution in [0.2, 0.25) is 0 Å². The summed E-state index contributed by atoms with van der Waals surface area (Å²) in [5, 5.41) is 3.05. The summed E-state index contributed by atoms with van der Waals surface area (Å²) in [6, 6.07) is 8.12. The SMILES string of the molecule is CCOC(=O)c1c(C)[nH]c(C(=O)N2CCC(C(C)C(=O)NCc3cccc(C)c3)CC2)c1C. The standard InChI is InChI=1S/C26H35N3O4/c1-6-33-26(32)22-18(4)23(28-19(22)5)25(31)29-12-10-21(11-13-29)17(3)24(30)27-15-20-9-7-8-16(2)14-20/h7-9,14,17,21,28H,6,10-13,15H2,1-5H3,(H,27,30). The van der Waals surface area contributed by atoms with Gasteiger partial charge in [-0.05, 0) is 57.6 Å².